The van der Waals surface area contributed by atoms with E-state index < -0.39 is 39.9 Å². The number of carbonyl (C=O) groups excluding carboxylic acids is 2. The quantitative estimate of drug-likeness (QED) is 0.405. The molecule has 0 aliphatic rings. The summed E-state index contributed by atoms with van der Waals surface area (Å²) in [6.07, 6.45) is 0. The average Bonchev–Trinajstić information content (AvgIpc) is 2.86. The summed E-state index contributed by atoms with van der Waals surface area (Å²) >= 11 is 0. The van der Waals surface area contributed by atoms with Crippen LogP contribution in [0.5, 0.6) is 0 Å². The maximum Gasteiger partial charge on any atom is 0.264 e. The number of anilines is 1. The summed E-state index contributed by atoms with van der Waals surface area (Å²) in [5.41, 5.74) is 1.85. The molecular formula is C30H36FN3O4S. The van der Waals surface area contributed by atoms with Crippen LogP contribution in [-0.2, 0) is 26.2 Å². The summed E-state index contributed by atoms with van der Waals surface area (Å²) in [4.78, 5) is 28.2. The Morgan fingerprint density at radius 1 is 0.897 bits per heavy atom. The first-order chi connectivity index (χ1) is 18.2. The standard InChI is InChI=1S/C30H36FN3O4S/c1-21-11-15-24(16-12-21)19-33(23(3)29(36)32-30(4,5)6)28(35)20-34(27-10-8-7-9-26(27)31)39(37,38)25-17-13-22(2)14-18-25/h7-18,23H,19-20H2,1-6H3,(H,32,36)/t23-/m1/s1. The van der Waals surface area contributed by atoms with Crippen LogP contribution in [-0.4, -0.2) is 43.3 Å². The zero-order valence-electron chi connectivity index (χ0n) is 23.2. The lowest BCUT2D eigenvalue weighted by Gasteiger charge is -2.33. The van der Waals surface area contributed by atoms with Gasteiger partial charge >= 0.3 is 0 Å². The van der Waals surface area contributed by atoms with Crippen LogP contribution in [0.25, 0.3) is 0 Å². The third kappa shape index (κ3) is 7.66. The molecule has 39 heavy (non-hydrogen) atoms. The van der Waals surface area contributed by atoms with Crippen LogP contribution in [0.4, 0.5) is 10.1 Å². The van der Waals surface area contributed by atoms with Crippen molar-refractivity contribution in [2.45, 2.75) is 64.6 Å². The number of amides is 2. The largest absolute Gasteiger partial charge is 0.350 e. The second-order valence-electron chi connectivity index (χ2n) is 10.7. The van der Waals surface area contributed by atoms with Gasteiger partial charge in [-0.2, -0.15) is 0 Å². The zero-order valence-corrected chi connectivity index (χ0v) is 24.0. The van der Waals surface area contributed by atoms with E-state index in [9.17, 15) is 22.4 Å². The molecule has 0 aliphatic carbocycles. The first-order valence-corrected chi connectivity index (χ1v) is 14.1. The number of rotatable bonds is 9. The van der Waals surface area contributed by atoms with E-state index in [0.717, 1.165) is 27.1 Å². The van der Waals surface area contributed by atoms with Crippen molar-refractivity contribution in [3.63, 3.8) is 0 Å². The van der Waals surface area contributed by atoms with Gasteiger partial charge in [0.2, 0.25) is 11.8 Å². The van der Waals surface area contributed by atoms with Gasteiger partial charge < -0.3 is 10.2 Å². The molecule has 9 heteroatoms. The van der Waals surface area contributed by atoms with E-state index in [1.807, 2.05) is 58.9 Å². The van der Waals surface area contributed by atoms with Crippen LogP contribution in [0.15, 0.2) is 77.7 Å². The molecule has 0 radical (unpaired) electrons. The maximum absolute atomic E-state index is 15.0. The molecule has 0 bridgehead atoms. The third-order valence-electron chi connectivity index (χ3n) is 6.15. The maximum atomic E-state index is 15.0. The van der Waals surface area contributed by atoms with E-state index in [2.05, 4.69) is 5.32 Å². The minimum absolute atomic E-state index is 0.0630. The zero-order chi connectivity index (χ0) is 29.0. The molecule has 0 fully saturated rings. The first-order valence-electron chi connectivity index (χ1n) is 12.7. The van der Waals surface area contributed by atoms with Gasteiger partial charge in [0.15, 0.2) is 0 Å². The van der Waals surface area contributed by atoms with Gasteiger partial charge in [0.1, 0.15) is 18.4 Å². The lowest BCUT2D eigenvalue weighted by atomic mass is 10.1. The van der Waals surface area contributed by atoms with Gasteiger partial charge in [-0.25, -0.2) is 12.8 Å². The number of sulfonamides is 1. The smallest absolute Gasteiger partial charge is 0.264 e. The number of carbonyl (C=O) groups is 2. The van der Waals surface area contributed by atoms with Crippen LogP contribution < -0.4 is 9.62 Å². The Labute approximate surface area is 230 Å². The Bertz CT molecular complexity index is 1420. The number of hydrogen-bond donors (Lipinski definition) is 1. The van der Waals surface area contributed by atoms with Crippen molar-refractivity contribution in [2.24, 2.45) is 0 Å². The summed E-state index contributed by atoms with van der Waals surface area (Å²) in [7, 11) is -4.33. The van der Waals surface area contributed by atoms with Gasteiger partial charge in [-0.1, -0.05) is 59.7 Å². The molecule has 0 unspecified atom stereocenters. The van der Waals surface area contributed by atoms with Crippen molar-refractivity contribution in [1.29, 1.82) is 0 Å². The number of nitrogens with zero attached hydrogens (tertiary/aromatic N) is 2. The Balaban J connectivity index is 2.04. The number of para-hydroxylation sites is 1. The third-order valence-corrected chi connectivity index (χ3v) is 7.92. The van der Waals surface area contributed by atoms with Crippen LogP contribution in [0.2, 0.25) is 0 Å². The van der Waals surface area contributed by atoms with Crippen LogP contribution >= 0.6 is 0 Å². The second kappa shape index (κ2) is 12.0. The lowest BCUT2D eigenvalue weighted by molar-refractivity contribution is -0.140. The predicted molar refractivity (Wildman–Crippen MR) is 151 cm³/mol. The van der Waals surface area contributed by atoms with Crippen LogP contribution in [0.3, 0.4) is 0 Å². The molecule has 0 spiro atoms. The molecule has 0 heterocycles. The molecule has 2 amide bonds. The molecule has 1 atom stereocenters. The van der Waals surface area contributed by atoms with Crippen molar-refractivity contribution in [3.05, 3.63) is 95.3 Å². The van der Waals surface area contributed by atoms with Gasteiger partial charge in [-0.15, -0.1) is 0 Å². The highest BCUT2D eigenvalue weighted by atomic mass is 32.2. The fourth-order valence-corrected chi connectivity index (χ4v) is 5.37. The molecule has 3 aromatic rings. The fraction of sp³-hybridized carbons (Fsp3) is 0.333. The van der Waals surface area contributed by atoms with Gasteiger partial charge in [0.05, 0.1) is 10.6 Å². The molecule has 7 nitrogen and oxygen atoms in total. The highest BCUT2D eigenvalue weighted by Gasteiger charge is 2.34. The van der Waals surface area contributed by atoms with E-state index in [-0.39, 0.29) is 23.0 Å². The Morgan fingerprint density at radius 3 is 1.97 bits per heavy atom. The van der Waals surface area contributed by atoms with Gasteiger partial charge in [0.25, 0.3) is 10.0 Å². The molecule has 0 aliphatic heterocycles. The summed E-state index contributed by atoms with van der Waals surface area (Å²) in [5.74, 6) is -1.82. The lowest BCUT2D eigenvalue weighted by Crippen LogP contribution is -2.54. The van der Waals surface area contributed by atoms with E-state index in [4.69, 9.17) is 0 Å². The summed E-state index contributed by atoms with van der Waals surface area (Å²) in [6, 6.07) is 18.1. The monoisotopic (exact) mass is 553 g/mol. The minimum Gasteiger partial charge on any atom is -0.350 e. The average molecular weight is 554 g/mol. The van der Waals surface area contributed by atoms with E-state index in [1.54, 1.807) is 19.1 Å². The van der Waals surface area contributed by atoms with Crippen LogP contribution in [0, 0.1) is 19.7 Å². The molecule has 3 aromatic carbocycles. The molecule has 0 saturated heterocycles. The van der Waals surface area contributed by atoms with E-state index in [1.165, 1.54) is 35.2 Å². The second-order valence-corrected chi connectivity index (χ2v) is 12.6. The van der Waals surface area contributed by atoms with E-state index in [0.29, 0.717) is 0 Å². The Hall–Kier alpha value is -3.72. The van der Waals surface area contributed by atoms with Crippen molar-refractivity contribution < 1.29 is 22.4 Å². The Kier molecular flexibility index (Phi) is 9.17. The summed E-state index contributed by atoms with van der Waals surface area (Å²) in [6.45, 7) is 10.2. The number of benzene rings is 3. The van der Waals surface area contributed by atoms with Crippen molar-refractivity contribution in [2.75, 3.05) is 10.8 Å². The number of nitrogens with one attached hydrogen (secondary N) is 1. The van der Waals surface area contributed by atoms with Gasteiger partial charge in [-0.3, -0.25) is 13.9 Å². The molecule has 208 valence electrons. The number of aryl methyl sites for hydroxylation is 2. The molecular weight excluding hydrogens is 517 g/mol. The SMILES string of the molecule is Cc1ccc(CN(C(=O)CN(c2ccccc2F)S(=O)(=O)c2ccc(C)cc2)[C@H](C)C(=O)NC(C)(C)C)cc1. The van der Waals surface area contributed by atoms with Gasteiger partial charge in [0, 0.05) is 12.1 Å². The fourth-order valence-electron chi connectivity index (χ4n) is 3.95. The number of halogens is 1. The molecule has 3 rings (SSSR count). The normalized spacial score (nSPS) is 12.5. The first kappa shape index (κ1) is 29.8. The number of hydrogen-bond acceptors (Lipinski definition) is 4. The predicted octanol–water partition coefficient (Wildman–Crippen LogP) is 4.97. The van der Waals surface area contributed by atoms with Crippen molar-refractivity contribution in [1.82, 2.24) is 10.2 Å². The summed E-state index contributed by atoms with van der Waals surface area (Å²) in [5, 5.41) is 2.88. The molecule has 0 saturated carbocycles. The van der Waals surface area contributed by atoms with Gasteiger partial charge in [-0.05, 0) is 71.4 Å². The van der Waals surface area contributed by atoms with Crippen molar-refractivity contribution >= 4 is 27.5 Å². The minimum atomic E-state index is -4.33. The molecule has 0 aromatic heterocycles. The topological polar surface area (TPSA) is 86.8 Å². The van der Waals surface area contributed by atoms with Crippen LogP contribution in [0.1, 0.15) is 44.4 Å². The highest BCUT2D eigenvalue weighted by Crippen LogP contribution is 2.27. The van der Waals surface area contributed by atoms with Crippen molar-refractivity contribution in [3.8, 4) is 0 Å². The molecule has 1 N–H and O–H groups in total. The summed E-state index contributed by atoms with van der Waals surface area (Å²) < 4.78 is 43.2. The highest BCUT2D eigenvalue weighted by molar-refractivity contribution is 7.92. The van der Waals surface area contributed by atoms with E-state index >= 15 is 0 Å². The Morgan fingerprint density at radius 2 is 1.44 bits per heavy atom.